The minimum Gasteiger partial charge on any atom is -0.496 e. The fourth-order valence-corrected chi connectivity index (χ4v) is 4.38. The van der Waals surface area contributed by atoms with E-state index in [9.17, 15) is 14.4 Å². The van der Waals surface area contributed by atoms with Gasteiger partial charge in [-0.1, -0.05) is 24.3 Å². The summed E-state index contributed by atoms with van der Waals surface area (Å²) in [6.07, 6.45) is 0. The second-order valence-corrected chi connectivity index (χ2v) is 8.16. The lowest BCUT2D eigenvalue weighted by molar-refractivity contribution is 0.0892. The second-order valence-electron chi connectivity index (χ2n) is 8.16. The molecule has 1 aliphatic heterocycles. The molecule has 174 valence electrons. The Morgan fingerprint density at radius 3 is 1.86 bits per heavy atom. The van der Waals surface area contributed by atoms with Gasteiger partial charge in [0.05, 0.1) is 19.9 Å². The summed E-state index contributed by atoms with van der Waals surface area (Å²) in [4.78, 5) is 40.5. The van der Waals surface area contributed by atoms with E-state index in [1.807, 2.05) is 19.1 Å². The molecule has 35 heavy (non-hydrogen) atoms. The average Bonchev–Trinajstić information content (AvgIpc) is 2.88. The molecular formula is C28H22N2O5. The Kier molecular flexibility index (Phi) is 5.45. The van der Waals surface area contributed by atoms with Gasteiger partial charge in [-0.2, -0.15) is 0 Å². The average molecular weight is 466 g/mol. The van der Waals surface area contributed by atoms with Crippen LogP contribution in [0.5, 0.6) is 11.5 Å². The molecule has 7 heteroatoms. The SMILES string of the molecule is COc1cc(C(=O)Nc2ccc(N3C(=O)c4cccc5cccc(c45)C3=O)cc2)cc(OC)c1C. The maximum Gasteiger partial charge on any atom is 0.265 e. The van der Waals surface area contributed by atoms with E-state index in [1.165, 1.54) is 19.1 Å². The Labute approximate surface area is 201 Å². The van der Waals surface area contributed by atoms with Crippen LogP contribution in [0.15, 0.2) is 72.8 Å². The van der Waals surface area contributed by atoms with Crippen molar-refractivity contribution >= 4 is 39.9 Å². The quantitative estimate of drug-likeness (QED) is 0.408. The fourth-order valence-electron chi connectivity index (χ4n) is 4.38. The maximum absolute atomic E-state index is 13.2. The molecule has 1 aliphatic rings. The lowest BCUT2D eigenvalue weighted by atomic mass is 9.94. The molecule has 3 amide bonds. The van der Waals surface area contributed by atoms with Gasteiger partial charge in [-0.3, -0.25) is 14.4 Å². The highest BCUT2D eigenvalue weighted by atomic mass is 16.5. The topological polar surface area (TPSA) is 84.9 Å². The molecule has 1 N–H and O–H groups in total. The van der Waals surface area contributed by atoms with Crippen molar-refractivity contribution in [3.05, 3.63) is 95.1 Å². The highest BCUT2D eigenvalue weighted by molar-refractivity contribution is 6.35. The zero-order chi connectivity index (χ0) is 24.7. The van der Waals surface area contributed by atoms with Gasteiger partial charge in [-0.05, 0) is 60.8 Å². The molecule has 0 spiro atoms. The standard InChI is InChI=1S/C28H22N2O5/c1-16-23(34-2)14-18(15-24(16)35-3)26(31)29-19-10-12-20(13-11-19)30-27(32)21-8-4-6-17-7-5-9-22(25(17)21)28(30)33/h4-15H,1-3H3,(H,29,31). The Balaban J connectivity index is 1.41. The van der Waals surface area contributed by atoms with Gasteiger partial charge in [0.15, 0.2) is 0 Å². The zero-order valence-electron chi connectivity index (χ0n) is 19.4. The predicted octanol–water partition coefficient (Wildman–Crippen LogP) is 5.22. The first-order chi connectivity index (χ1) is 16.9. The number of carbonyl (C=O) groups excluding carboxylic acids is 3. The predicted molar refractivity (Wildman–Crippen MR) is 134 cm³/mol. The van der Waals surface area contributed by atoms with Gasteiger partial charge in [-0.15, -0.1) is 0 Å². The number of benzene rings is 4. The second kappa shape index (κ2) is 8.61. The fraction of sp³-hybridized carbons (Fsp3) is 0.107. The van der Waals surface area contributed by atoms with Crippen molar-refractivity contribution in [2.24, 2.45) is 0 Å². The molecule has 0 radical (unpaired) electrons. The van der Waals surface area contributed by atoms with Crippen molar-refractivity contribution < 1.29 is 23.9 Å². The number of anilines is 2. The van der Waals surface area contributed by atoms with Crippen LogP contribution in [0.4, 0.5) is 11.4 Å². The van der Waals surface area contributed by atoms with Crippen LogP contribution in [-0.2, 0) is 0 Å². The normalized spacial score (nSPS) is 12.6. The number of imide groups is 1. The molecule has 0 bridgehead atoms. The van der Waals surface area contributed by atoms with Crippen molar-refractivity contribution in [3.63, 3.8) is 0 Å². The zero-order valence-corrected chi connectivity index (χ0v) is 19.4. The Bertz CT molecular complexity index is 1430. The van der Waals surface area contributed by atoms with Crippen LogP contribution in [0.2, 0.25) is 0 Å². The number of nitrogens with one attached hydrogen (secondary N) is 1. The molecule has 7 nitrogen and oxygen atoms in total. The third-order valence-corrected chi connectivity index (χ3v) is 6.17. The smallest absolute Gasteiger partial charge is 0.265 e. The summed E-state index contributed by atoms with van der Waals surface area (Å²) >= 11 is 0. The van der Waals surface area contributed by atoms with Crippen LogP contribution in [0.1, 0.15) is 36.6 Å². The van der Waals surface area contributed by atoms with Crippen molar-refractivity contribution in [1.82, 2.24) is 0 Å². The van der Waals surface area contributed by atoms with E-state index in [2.05, 4.69) is 5.32 Å². The third-order valence-electron chi connectivity index (χ3n) is 6.17. The number of methoxy groups -OCH3 is 2. The molecule has 0 unspecified atom stereocenters. The monoisotopic (exact) mass is 466 g/mol. The summed E-state index contributed by atoms with van der Waals surface area (Å²) in [7, 11) is 3.06. The molecule has 0 fully saturated rings. The highest BCUT2D eigenvalue weighted by Gasteiger charge is 2.33. The molecule has 5 rings (SSSR count). The molecule has 4 aromatic carbocycles. The van der Waals surface area contributed by atoms with Crippen LogP contribution in [0.25, 0.3) is 10.8 Å². The van der Waals surface area contributed by atoms with Gasteiger partial charge in [0.25, 0.3) is 17.7 Å². The first-order valence-corrected chi connectivity index (χ1v) is 11.0. The Morgan fingerprint density at radius 2 is 1.34 bits per heavy atom. The summed E-state index contributed by atoms with van der Waals surface area (Å²) in [6.45, 7) is 1.85. The van der Waals surface area contributed by atoms with Crippen molar-refractivity contribution in [2.45, 2.75) is 6.92 Å². The van der Waals surface area contributed by atoms with E-state index in [0.717, 1.165) is 10.9 Å². The molecular weight excluding hydrogens is 444 g/mol. The highest BCUT2D eigenvalue weighted by Crippen LogP contribution is 2.33. The largest absolute Gasteiger partial charge is 0.496 e. The first kappa shape index (κ1) is 22.2. The van der Waals surface area contributed by atoms with Crippen LogP contribution < -0.4 is 19.7 Å². The van der Waals surface area contributed by atoms with Crippen molar-refractivity contribution in [1.29, 1.82) is 0 Å². The summed E-state index contributed by atoms with van der Waals surface area (Å²) in [5.74, 6) is -0.0190. The lowest BCUT2D eigenvalue weighted by Gasteiger charge is -2.27. The van der Waals surface area contributed by atoms with Crippen LogP contribution in [-0.4, -0.2) is 31.9 Å². The number of hydrogen-bond acceptors (Lipinski definition) is 5. The number of amides is 3. The number of carbonyl (C=O) groups is 3. The van der Waals surface area contributed by atoms with E-state index in [4.69, 9.17) is 9.47 Å². The third kappa shape index (κ3) is 3.67. The first-order valence-electron chi connectivity index (χ1n) is 11.0. The molecule has 0 aliphatic carbocycles. The van der Waals surface area contributed by atoms with Gasteiger partial charge in [0.2, 0.25) is 0 Å². The van der Waals surface area contributed by atoms with Crippen LogP contribution in [0, 0.1) is 6.92 Å². The summed E-state index contributed by atoms with van der Waals surface area (Å²) in [5.41, 5.74) is 3.07. The Hall–Kier alpha value is -4.65. The minimum atomic E-state index is -0.380. The summed E-state index contributed by atoms with van der Waals surface area (Å²) in [6, 6.07) is 20.7. The van der Waals surface area contributed by atoms with Crippen LogP contribution in [0.3, 0.4) is 0 Å². The van der Waals surface area contributed by atoms with E-state index in [1.54, 1.807) is 60.7 Å². The van der Waals surface area contributed by atoms with Crippen molar-refractivity contribution in [3.8, 4) is 11.5 Å². The maximum atomic E-state index is 13.2. The molecule has 0 atom stereocenters. The van der Waals surface area contributed by atoms with Crippen molar-refractivity contribution in [2.75, 3.05) is 24.4 Å². The van der Waals surface area contributed by atoms with Gasteiger partial charge >= 0.3 is 0 Å². The van der Waals surface area contributed by atoms with Gasteiger partial charge in [-0.25, -0.2) is 4.90 Å². The number of rotatable bonds is 5. The number of ether oxygens (including phenoxy) is 2. The van der Waals surface area contributed by atoms with Gasteiger partial charge < -0.3 is 14.8 Å². The lowest BCUT2D eigenvalue weighted by Crippen LogP contribution is -2.40. The minimum absolute atomic E-state index is 0.347. The Morgan fingerprint density at radius 1 is 0.800 bits per heavy atom. The molecule has 0 aromatic heterocycles. The molecule has 0 saturated heterocycles. The van der Waals surface area contributed by atoms with E-state index in [0.29, 0.717) is 45.0 Å². The molecule has 4 aromatic rings. The van der Waals surface area contributed by atoms with E-state index >= 15 is 0 Å². The summed E-state index contributed by atoms with van der Waals surface area (Å²) < 4.78 is 10.7. The molecule has 1 heterocycles. The van der Waals surface area contributed by atoms with Crippen LogP contribution >= 0.6 is 0 Å². The number of hydrogen-bond donors (Lipinski definition) is 1. The van der Waals surface area contributed by atoms with Gasteiger partial charge in [0.1, 0.15) is 11.5 Å². The van der Waals surface area contributed by atoms with E-state index < -0.39 is 0 Å². The van der Waals surface area contributed by atoms with Gasteiger partial charge in [0, 0.05) is 33.3 Å². The van der Waals surface area contributed by atoms with E-state index in [-0.39, 0.29) is 17.7 Å². The summed E-state index contributed by atoms with van der Waals surface area (Å²) in [5, 5.41) is 4.35. The molecule has 0 saturated carbocycles. The number of nitrogens with zero attached hydrogens (tertiary/aromatic N) is 1.